The van der Waals surface area contributed by atoms with Gasteiger partial charge < -0.3 is 10.2 Å². The zero-order chi connectivity index (χ0) is 12.0. The fourth-order valence-electron chi connectivity index (χ4n) is 2.07. The maximum Gasteiger partial charge on any atom is 0.433 e. The van der Waals surface area contributed by atoms with Gasteiger partial charge in [0.1, 0.15) is 10.7 Å². The number of hydrogen-bond donors (Lipinski definition) is 1. The number of alkyl halides is 2. The van der Waals surface area contributed by atoms with Crippen LogP contribution in [0.2, 0.25) is 0 Å². The minimum absolute atomic E-state index is 0.00669. The summed E-state index contributed by atoms with van der Waals surface area (Å²) in [4.78, 5) is 9.69. The van der Waals surface area contributed by atoms with Crippen LogP contribution in [0.25, 0.3) is 0 Å². The van der Waals surface area contributed by atoms with Crippen molar-refractivity contribution in [2.24, 2.45) is 5.73 Å². The van der Waals surface area contributed by atoms with E-state index in [1.54, 1.807) is 0 Å². The van der Waals surface area contributed by atoms with Gasteiger partial charge in [-0.05, 0) is 6.07 Å². The molecule has 0 aliphatic heterocycles. The Morgan fingerprint density at radius 3 is 2.50 bits per heavy atom. The molecule has 0 bridgehead atoms. The van der Waals surface area contributed by atoms with Gasteiger partial charge >= 0.3 is 5.88 Å². The molecule has 0 radical (unpaired) electrons. The first-order valence-corrected chi connectivity index (χ1v) is 4.71. The highest BCUT2D eigenvalue weighted by molar-refractivity contribution is 5.28. The van der Waals surface area contributed by atoms with Crippen molar-refractivity contribution in [1.29, 1.82) is 0 Å². The summed E-state index contributed by atoms with van der Waals surface area (Å²) in [6.45, 7) is -0.00669. The van der Waals surface area contributed by atoms with E-state index in [2.05, 4.69) is 0 Å². The number of rotatable bonds is 3. The van der Waals surface area contributed by atoms with Gasteiger partial charge in [-0.1, -0.05) is 0 Å². The lowest BCUT2D eigenvalue weighted by atomic mass is 9.64. The predicted molar refractivity (Wildman–Crippen MR) is 50.3 cm³/mol. The summed E-state index contributed by atoms with van der Waals surface area (Å²) in [5, 5.41) is 10.4. The summed E-state index contributed by atoms with van der Waals surface area (Å²) >= 11 is 0. The third-order valence-corrected chi connectivity index (χ3v) is 2.88. The minimum Gasteiger partial charge on any atom is -0.405 e. The van der Waals surface area contributed by atoms with E-state index in [0.29, 0.717) is 0 Å². The van der Waals surface area contributed by atoms with Gasteiger partial charge in [0.15, 0.2) is 0 Å². The van der Waals surface area contributed by atoms with Crippen molar-refractivity contribution < 1.29 is 18.1 Å². The smallest absolute Gasteiger partial charge is 0.405 e. The Hall–Kier alpha value is -1.50. The van der Waals surface area contributed by atoms with Crippen molar-refractivity contribution >= 4 is 5.88 Å². The highest BCUT2D eigenvalue weighted by atomic mass is 19.3. The van der Waals surface area contributed by atoms with Crippen molar-refractivity contribution in [3.05, 3.63) is 28.0 Å². The fourth-order valence-corrected chi connectivity index (χ4v) is 2.07. The Morgan fingerprint density at radius 1 is 1.50 bits per heavy atom. The molecule has 1 aliphatic carbocycles. The molecule has 0 unspecified atom stereocenters. The first kappa shape index (κ1) is 11.0. The summed E-state index contributed by atoms with van der Waals surface area (Å²) in [7, 11) is 0. The van der Waals surface area contributed by atoms with Crippen LogP contribution in [-0.4, -0.2) is 17.4 Å². The van der Waals surface area contributed by atoms with Crippen LogP contribution in [0, 0.1) is 10.1 Å². The number of nitrogens with two attached hydrogens (primary N) is 1. The van der Waals surface area contributed by atoms with Gasteiger partial charge in [0.25, 0.3) is 0 Å². The normalized spacial score (nSPS) is 21.4. The Morgan fingerprint density at radius 2 is 2.12 bits per heavy atom. The first-order chi connectivity index (χ1) is 7.38. The van der Waals surface area contributed by atoms with Crippen LogP contribution < -0.4 is 5.73 Å². The molecule has 88 valence electrons. The van der Waals surface area contributed by atoms with Crippen LogP contribution in [0.1, 0.15) is 18.6 Å². The van der Waals surface area contributed by atoms with Gasteiger partial charge in [-0.25, -0.2) is 8.78 Å². The summed E-state index contributed by atoms with van der Waals surface area (Å²) in [5.74, 6) is -3.02. The average molecular weight is 232 g/mol. The molecule has 0 saturated heterocycles. The monoisotopic (exact) mass is 232 g/mol. The average Bonchev–Trinajstić information content (AvgIpc) is 2.62. The van der Waals surface area contributed by atoms with Gasteiger partial charge in [0.2, 0.25) is 5.92 Å². The zero-order valence-corrected chi connectivity index (χ0v) is 8.28. The molecule has 2 rings (SSSR count). The van der Waals surface area contributed by atoms with Crippen LogP contribution in [0.3, 0.4) is 0 Å². The molecule has 1 aliphatic rings. The fraction of sp³-hybridized carbons (Fsp3) is 0.556. The van der Waals surface area contributed by atoms with Crippen molar-refractivity contribution in [3.63, 3.8) is 0 Å². The number of furan rings is 1. The van der Waals surface area contributed by atoms with E-state index >= 15 is 0 Å². The summed E-state index contributed by atoms with van der Waals surface area (Å²) in [5.41, 5.74) is 4.50. The molecule has 0 aromatic carbocycles. The molecule has 1 aromatic rings. The Labute approximate surface area is 89.4 Å². The molecular weight excluding hydrogens is 222 g/mol. The SMILES string of the molecule is NCC1(c2ccc([N+](=O)[O-])o2)CC(F)(F)C1. The van der Waals surface area contributed by atoms with E-state index in [9.17, 15) is 18.9 Å². The molecular formula is C9H10F2N2O3. The minimum atomic E-state index is -2.75. The third-order valence-electron chi connectivity index (χ3n) is 2.88. The standard InChI is InChI=1S/C9H10F2N2O3/c10-9(11)3-8(4-9,5-12)6-1-2-7(16-6)13(14)15/h1-2H,3-5,12H2. The predicted octanol–water partition coefficient (Wildman–Crippen LogP) is 1.81. The molecule has 0 amide bonds. The quantitative estimate of drug-likeness (QED) is 0.636. The second-order valence-corrected chi connectivity index (χ2v) is 4.09. The molecule has 2 N–H and O–H groups in total. The Kier molecular flexibility index (Phi) is 2.23. The molecule has 1 heterocycles. The Balaban J connectivity index is 2.25. The van der Waals surface area contributed by atoms with Crippen molar-refractivity contribution in [2.75, 3.05) is 6.54 Å². The van der Waals surface area contributed by atoms with Gasteiger partial charge in [-0.15, -0.1) is 0 Å². The third kappa shape index (κ3) is 1.57. The Bertz CT molecular complexity index is 422. The number of nitro groups is 1. The van der Waals surface area contributed by atoms with Crippen LogP contribution in [0.4, 0.5) is 14.7 Å². The molecule has 16 heavy (non-hydrogen) atoms. The first-order valence-electron chi connectivity index (χ1n) is 4.71. The zero-order valence-electron chi connectivity index (χ0n) is 8.28. The van der Waals surface area contributed by atoms with E-state index in [1.165, 1.54) is 6.07 Å². The maximum absolute atomic E-state index is 12.8. The van der Waals surface area contributed by atoms with E-state index in [0.717, 1.165) is 6.07 Å². The van der Waals surface area contributed by atoms with Crippen LogP contribution in [0.5, 0.6) is 0 Å². The number of halogens is 2. The second kappa shape index (κ2) is 3.24. The summed E-state index contributed by atoms with van der Waals surface area (Å²) < 4.78 is 30.6. The van der Waals surface area contributed by atoms with E-state index in [4.69, 9.17) is 10.2 Å². The van der Waals surface area contributed by atoms with Crippen LogP contribution >= 0.6 is 0 Å². The summed E-state index contributed by atoms with van der Waals surface area (Å²) in [6.07, 6.45) is -0.831. The van der Waals surface area contributed by atoms with Gasteiger partial charge in [-0.3, -0.25) is 10.1 Å². The van der Waals surface area contributed by atoms with E-state index < -0.39 is 35.0 Å². The molecule has 0 spiro atoms. The molecule has 5 nitrogen and oxygen atoms in total. The lowest BCUT2D eigenvalue weighted by Crippen LogP contribution is -2.53. The van der Waals surface area contributed by atoms with E-state index in [1.807, 2.05) is 0 Å². The van der Waals surface area contributed by atoms with Crippen molar-refractivity contribution in [3.8, 4) is 0 Å². The highest BCUT2D eigenvalue weighted by Crippen LogP contribution is 2.53. The molecule has 1 fully saturated rings. The number of hydrogen-bond acceptors (Lipinski definition) is 4. The van der Waals surface area contributed by atoms with Gasteiger partial charge in [0, 0.05) is 19.4 Å². The molecule has 1 saturated carbocycles. The van der Waals surface area contributed by atoms with E-state index in [-0.39, 0.29) is 12.3 Å². The summed E-state index contributed by atoms with van der Waals surface area (Å²) in [6, 6.07) is 2.50. The molecule has 0 atom stereocenters. The van der Waals surface area contributed by atoms with Crippen LogP contribution in [0.15, 0.2) is 16.5 Å². The lowest BCUT2D eigenvalue weighted by molar-refractivity contribution is -0.402. The molecule has 1 aromatic heterocycles. The lowest BCUT2D eigenvalue weighted by Gasteiger charge is -2.44. The van der Waals surface area contributed by atoms with Gasteiger partial charge in [0.05, 0.1) is 11.5 Å². The molecule has 7 heteroatoms. The topological polar surface area (TPSA) is 82.3 Å². The van der Waals surface area contributed by atoms with Crippen molar-refractivity contribution in [1.82, 2.24) is 0 Å². The van der Waals surface area contributed by atoms with Gasteiger partial charge in [-0.2, -0.15) is 0 Å². The van der Waals surface area contributed by atoms with Crippen molar-refractivity contribution in [2.45, 2.75) is 24.2 Å². The number of nitrogens with zero attached hydrogens (tertiary/aromatic N) is 1. The largest absolute Gasteiger partial charge is 0.433 e. The highest BCUT2D eigenvalue weighted by Gasteiger charge is 2.58. The maximum atomic E-state index is 12.8. The van der Waals surface area contributed by atoms with Crippen LogP contribution in [-0.2, 0) is 5.41 Å². The second-order valence-electron chi connectivity index (χ2n) is 4.09.